The average Bonchev–Trinajstić information content (AvgIpc) is 4.06. The van der Waals surface area contributed by atoms with Crippen LogP contribution in [0.15, 0.2) is 84.9 Å². The Bertz CT molecular complexity index is 1660. The molecule has 10 heteroatoms. The fourth-order valence-electron chi connectivity index (χ4n) is 5.45. The lowest BCUT2D eigenvalue weighted by Gasteiger charge is -2.09. The van der Waals surface area contributed by atoms with Crippen LogP contribution in [-0.2, 0) is 19.1 Å². The minimum atomic E-state index is -0.553. The number of ether oxygens (including phenoxy) is 6. The first kappa shape index (κ1) is 34.8. The van der Waals surface area contributed by atoms with Gasteiger partial charge in [0.15, 0.2) is 0 Å². The molecule has 0 aromatic heterocycles. The smallest absolute Gasteiger partial charge is 0.343 e. The summed E-state index contributed by atoms with van der Waals surface area (Å²) in [5.74, 6) is -0.276. The van der Waals surface area contributed by atoms with E-state index < -0.39 is 11.9 Å². The summed E-state index contributed by atoms with van der Waals surface area (Å²) >= 11 is 0. The Morgan fingerprint density at radius 1 is 0.480 bits per heavy atom. The molecule has 2 fully saturated rings. The summed E-state index contributed by atoms with van der Waals surface area (Å²) in [4.78, 5) is 49.8. The van der Waals surface area contributed by atoms with Crippen LogP contribution in [0.2, 0.25) is 0 Å². The molecule has 0 spiro atoms. The lowest BCUT2D eigenvalue weighted by atomic mass is 10.1. The van der Waals surface area contributed by atoms with Gasteiger partial charge in [0.25, 0.3) is 0 Å². The van der Waals surface area contributed by atoms with Gasteiger partial charge in [0.2, 0.25) is 0 Å². The highest BCUT2D eigenvalue weighted by Gasteiger charge is 2.22. The molecule has 0 N–H and O–H groups in total. The zero-order chi connectivity index (χ0) is 34.7. The molecule has 0 saturated carbocycles. The third-order valence-electron chi connectivity index (χ3n) is 8.47. The summed E-state index contributed by atoms with van der Waals surface area (Å²) in [5.41, 5.74) is 0.623. The Hall–Kier alpha value is -5.06. The molecule has 50 heavy (non-hydrogen) atoms. The first-order chi connectivity index (χ1) is 24.4. The third-order valence-corrected chi connectivity index (χ3v) is 8.47. The van der Waals surface area contributed by atoms with E-state index in [0.717, 1.165) is 75.4 Å². The Kier molecular flexibility index (Phi) is 11.9. The maximum Gasteiger partial charge on any atom is 0.343 e. The normalized spacial score (nSPS) is 16.0. The molecule has 2 aliphatic rings. The van der Waals surface area contributed by atoms with Crippen molar-refractivity contribution >= 4 is 34.6 Å². The predicted octanol–water partition coefficient (Wildman–Crippen LogP) is 7.79. The van der Waals surface area contributed by atoms with Gasteiger partial charge in [-0.3, -0.25) is 9.59 Å². The van der Waals surface area contributed by atoms with Gasteiger partial charge in [-0.1, -0.05) is 37.8 Å². The van der Waals surface area contributed by atoms with Gasteiger partial charge in [0, 0.05) is 12.8 Å². The predicted molar refractivity (Wildman–Crippen MR) is 184 cm³/mol. The minimum Gasteiger partial charge on any atom is -0.427 e. The standard InChI is InChI=1S/C40H40O10/c41-37(9-5-1-3-7-35-25-45-35)47-31-17-11-27(12-18-31)39(43)49-33-21-15-30-24-34(22-16-29(30)23-33)50-40(44)28-13-19-32(20-14-28)48-38(42)10-6-2-4-8-36-26-46-36/h11-24,35-36H,1-10,25-26H2. The van der Waals surface area contributed by atoms with Crippen LogP contribution in [0.25, 0.3) is 10.8 Å². The molecule has 260 valence electrons. The van der Waals surface area contributed by atoms with E-state index in [9.17, 15) is 19.2 Å². The maximum atomic E-state index is 12.8. The van der Waals surface area contributed by atoms with Crippen LogP contribution in [-0.4, -0.2) is 49.3 Å². The van der Waals surface area contributed by atoms with Crippen LogP contribution in [0.3, 0.4) is 0 Å². The summed E-state index contributed by atoms with van der Waals surface area (Å²) in [6.07, 6.45) is 9.12. The van der Waals surface area contributed by atoms with Crippen molar-refractivity contribution in [3.05, 3.63) is 96.1 Å². The topological polar surface area (TPSA) is 130 Å². The molecule has 6 rings (SSSR count). The summed E-state index contributed by atoms with van der Waals surface area (Å²) < 4.78 is 32.3. The fourth-order valence-corrected chi connectivity index (χ4v) is 5.45. The molecular weight excluding hydrogens is 640 g/mol. The molecular formula is C40H40O10. The Morgan fingerprint density at radius 2 is 0.860 bits per heavy atom. The maximum absolute atomic E-state index is 12.8. The average molecular weight is 681 g/mol. The van der Waals surface area contributed by atoms with Crippen LogP contribution in [0.5, 0.6) is 23.0 Å². The van der Waals surface area contributed by atoms with Crippen molar-refractivity contribution in [3.63, 3.8) is 0 Å². The SMILES string of the molecule is O=C(CCCCCC1CO1)Oc1ccc(C(=O)Oc2ccc3cc(OC(=O)c4ccc(OC(=O)CCCCCC5CO5)cc4)ccc3c2)cc1. The van der Waals surface area contributed by atoms with E-state index in [0.29, 0.717) is 59.2 Å². The van der Waals surface area contributed by atoms with E-state index in [1.165, 1.54) is 0 Å². The number of unbranched alkanes of at least 4 members (excludes halogenated alkanes) is 4. The van der Waals surface area contributed by atoms with Gasteiger partial charge in [0.1, 0.15) is 23.0 Å². The van der Waals surface area contributed by atoms with Crippen molar-refractivity contribution in [2.24, 2.45) is 0 Å². The number of carbonyl (C=O) groups is 4. The second-order valence-corrected chi connectivity index (χ2v) is 12.6. The Balaban J connectivity index is 0.935. The highest BCUT2D eigenvalue weighted by atomic mass is 16.6. The van der Waals surface area contributed by atoms with Gasteiger partial charge >= 0.3 is 23.9 Å². The highest BCUT2D eigenvalue weighted by molar-refractivity contribution is 5.94. The highest BCUT2D eigenvalue weighted by Crippen LogP contribution is 2.27. The lowest BCUT2D eigenvalue weighted by molar-refractivity contribution is -0.135. The van der Waals surface area contributed by atoms with Gasteiger partial charge in [-0.15, -0.1) is 0 Å². The molecule has 4 aromatic rings. The molecule has 0 aliphatic carbocycles. The number of benzene rings is 4. The van der Waals surface area contributed by atoms with E-state index in [1.807, 2.05) is 0 Å². The monoisotopic (exact) mass is 680 g/mol. The van der Waals surface area contributed by atoms with Crippen molar-refractivity contribution < 1.29 is 47.6 Å². The number of esters is 4. The van der Waals surface area contributed by atoms with Crippen LogP contribution in [0.1, 0.15) is 84.9 Å². The van der Waals surface area contributed by atoms with Crippen LogP contribution in [0.4, 0.5) is 0 Å². The van der Waals surface area contributed by atoms with E-state index in [1.54, 1.807) is 84.9 Å². The molecule has 2 unspecified atom stereocenters. The first-order valence-electron chi connectivity index (χ1n) is 17.2. The molecule has 2 atom stereocenters. The van der Waals surface area contributed by atoms with E-state index >= 15 is 0 Å². The van der Waals surface area contributed by atoms with E-state index in [4.69, 9.17) is 28.4 Å². The number of carbonyl (C=O) groups excluding carboxylic acids is 4. The summed E-state index contributed by atoms with van der Waals surface area (Å²) in [6.45, 7) is 1.71. The summed E-state index contributed by atoms with van der Waals surface area (Å²) in [6, 6.07) is 22.8. The Morgan fingerprint density at radius 3 is 1.24 bits per heavy atom. The number of epoxide rings is 2. The van der Waals surface area contributed by atoms with Gasteiger partial charge < -0.3 is 28.4 Å². The molecule has 10 nitrogen and oxygen atoms in total. The molecule has 4 aromatic carbocycles. The molecule has 0 bridgehead atoms. The van der Waals surface area contributed by atoms with Gasteiger partial charge in [0.05, 0.1) is 36.5 Å². The van der Waals surface area contributed by atoms with Crippen molar-refractivity contribution in [2.45, 2.75) is 76.4 Å². The van der Waals surface area contributed by atoms with E-state index in [-0.39, 0.29) is 11.9 Å². The van der Waals surface area contributed by atoms with Gasteiger partial charge in [-0.2, -0.15) is 0 Å². The fraction of sp³-hybridized carbons (Fsp3) is 0.350. The molecule has 0 amide bonds. The van der Waals surface area contributed by atoms with Crippen LogP contribution >= 0.6 is 0 Å². The van der Waals surface area contributed by atoms with Crippen molar-refractivity contribution in [1.29, 1.82) is 0 Å². The first-order valence-corrected chi connectivity index (χ1v) is 17.2. The number of rotatable bonds is 18. The molecule has 2 saturated heterocycles. The number of hydrogen-bond acceptors (Lipinski definition) is 10. The lowest BCUT2D eigenvalue weighted by Crippen LogP contribution is -2.10. The zero-order valence-corrected chi connectivity index (χ0v) is 27.8. The van der Waals surface area contributed by atoms with Crippen molar-refractivity contribution in [1.82, 2.24) is 0 Å². The Labute approximate surface area is 290 Å². The van der Waals surface area contributed by atoms with Gasteiger partial charge in [-0.05, 0) is 109 Å². The molecule has 2 aliphatic heterocycles. The molecule has 2 heterocycles. The molecule has 0 radical (unpaired) electrons. The van der Waals surface area contributed by atoms with Crippen LogP contribution in [0, 0.1) is 0 Å². The second-order valence-electron chi connectivity index (χ2n) is 12.6. The second kappa shape index (κ2) is 17.0. The third kappa shape index (κ3) is 11.0. The summed E-state index contributed by atoms with van der Waals surface area (Å²) in [5, 5.41) is 1.56. The van der Waals surface area contributed by atoms with Crippen molar-refractivity contribution in [2.75, 3.05) is 13.2 Å². The minimum absolute atomic E-state index is 0.303. The number of hydrogen-bond donors (Lipinski definition) is 0. The van der Waals surface area contributed by atoms with Crippen LogP contribution < -0.4 is 18.9 Å². The van der Waals surface area contributed by atoms with E-state index in [2.05, 4.69) is 0 Å². The quantitative estimate of drug-likeness (QED) is 0.0444. The number of fused-ring (bicyclic) bond motifs is 1. The largest absolute Gasteiger partial charge is 0.427 e. The van der Waals surface area contributed by atoms with Crippen molar-refractivity contribution in [3.8, 4) is 23.0 Å². The summed E-state index contributed by atoms with van der Waals surface area (Å²) in [7, 11) is 0. The van der Waals surface area contributed by atoms with Gasteiger partial charge in [-0.25, -0.2) is 9.59 Å². The zero-order valence-electron chi connectivity index (χ0n) is 27.8.